The van der Waals surface area contributed by atoms with Crippen LogP contribution in [0.5, 0.6) is 0 Å². The van der Waals surface area contributed by atoms with Crippen molar-refractivity contribution >= 4 is 21.6 Å². The van der Waals surface area contributed by atoms with E-state index in [0.717, 1.165) is 18.4 Å². The lowest BCUT2D eigenvalue weighted by Gasteiger charge is -2.22. The molecule has 1 fully saturated rings. The highest BCUT2D eigenvalue weighted by atomic mass is 32.2. The van der Waals surface area contributed by atoms with E-state index in [-0.39, 0.29) is 35.3 Å². The number of amides is 1. The summed E-state index contributed by atoms with van der Waals surface area (Å²) in [4.78, 5) is 17.8. The van der Waals surface area contributed by atoms with Gasteiger partial charge in [-0.15, -0.1) is 0 Å². The minimum atomic E-state index is -3.54. The lowest BCUT2D eigenvalue weighted by atomic mass is 9.95. The van der Waals surface area contributed by atoms with Crippen LogP contribution in [0.3, 0.4) is 0 Å². The van der Waals surface area contributed by atoms with Crippen molar-refractivity contribution in [3.05, 3.63) is 101 Å². The van der Waals surface area contributed by atoms with Crippen LogP contribution in [0.25, 0.3) is 11.1 Å². The molecule has 2 aromatic carbocycles. The van der Waals surface area contributed by atoms with Gasteiger partial charge in [0.05, 0.1) is 18.0 Å². The third kappa shape index (κ3) is 6.13. The van der Waals surface area contributed by atoms with Crippen LogP contribution in [-0.2, 0) is 33.7 Å². The van der Waals surface area contributed by atoms with Gasteiger partial charge < -0.3 is 5.32 Å². The fraction of sp³-hybridized carbons (Fsp3) is 0.300. The van der Waals surface area contributed by atoms with Crippen LogP contribution >= 0.6 is 0 Å². The highest BCUT2D eigenvalue weighted by Gasteiger charge is 2.67. The number of fused-ring (bicyclic) bond motifs is 3. The van der Waals surface area contributed by atoms with Gasteiger partial charge in [-0.1, -0.05) is 18.2 Å². The van der Waals surface area contributed by atoms with Gasteiger partial charge in [0.25, 0.3) is 12.3 Å². The Bertz CT molecular complexity index is 1880. The zero-order chi connectivity index (χ0) is 32.3. The average molecular weight is 650 g/mol. The molecule has 2 N–H and O–H groups in total. The van der Waals surface area contributed by atoms with Gasteiger partial charge in [-0.25, -0.2) is 26.0 Å². The van der Waals surface area contributed by atoms with E-state index >= 15 is 8.78 Å². The van der Waals surface area contributed by atoms with Crippen LogP contribution in [0, 0.1) is 17.6 Å². The molecule has 3 atom stereocenters. The number of nitrogens with zero attached hydrogens (tertiary/aromatic N) is 3. The molecule has 2 aliphatic rings. The first kappa shape index (κ1) is 30.6. The number of halogens is 6. The SMILES string of the molecule is CS(=O)(=O)Nc1ccc(-c2cccnc2C(Cc2cc(F)cc(F)c2)NC(=O)Cn2nc(C(F)F)c3c2C(F)(F)C2CC32)cc1. The summed E-state index contributed by atoms with van der Waals surface area (Å²) in [5.41, 5.74) is 0.0220. The van der Waals surface area contributed by atoms with Crippen molar-refractivity contribution in [2.24, 2.45) is 5.92 Å². The Hall–Kier alpha value is -4.40. The summed E-state index contributed by atoms with van der Waals surface area (Å²) >= 11 is 0. The molecule has 0 aliphatic heterocycles. The number of benzene rings is 2. The first-order valence-corrected chi connectivity index (χ1v) is 15.6. The zero-order valence-electron chi connectivity index (χ0n) is 23.4. The Balaban J connectivity index is 1.34. The van der Waals surface area contributed by atoms with E-state index in [0.29, 0.717) is 21.9 Å². The first-order chi connectivity index (χ1) is 21.2. The molecule has 2 aromatic heterocycles. The predicted octanol–water partition coefficient (Wildman–Crippen LogP) is 5.84. The Morgan fingerprint density at radius 1 is 1.07 bits per heavy atom. The molecule has 236 valence electrons. The van der Waals surface area contributed by atoms with E-state index in [4.69, 9.17) is 0 Å². The average Bonchev–Trinajstić information content (AvgIpc) is 3.60. The molecule has 2 heterocycles. The van der Waals surface area contributed by atoms with Crippen LogP contribution in [0.4, 0.5) is 32.0 Å². The predicted molar refractivity (Wildman–Crippen MR) is 151 cm³/mol. The van der Waals surface area contributed by atoms with E-state index < -0.39 is 75.7 Å². The monoisotopic (exact) mass is 649 g/mol. The highest BCUT2D eigenvalue weighted by Crippen LogP contribution is 2.68. The number of nitrogens with one attached hydrogen (secondary N) is 2. The molecule has 3 unspecified atom stereocenters. The number of alkyl halides is 4. The number of sulfonamides is 1. The third-order valence-corrected chi connectivity index (χ3v) is 8.43. The summed E-state index contributed by atoms with van der Waals surface area (Å²) in [6, 6.07) is 11.2. The van der Waals surface area contributed by atoms with Crippen LogP contribution < -0.4 is 10.0 Å². The Morgan fingerprint density at radius 3 is 2.40 bits per heavy atom. The number of hydrogen-bond acceptors (Lipinski definition) is 5. The van der Waals surface area contributed by atoms with Crippen LogP contribution in [0.2, 0.25) is 0 Å². The van der Waals surface area contributed by atoms with Crippen molar-refractivity contribution in [1.82, 2.24) is 20.1 Å². The normalized spacial score (nSPS) is 18.8. The van der Waals surface area contributed by atoms with Gasteiger partial charge in [-0.05, 0) is 60.2 Å². The second-order valence-electron chi connectivity index (χ2n) is 11.2. The van der Waals surface area contributed by atoms with Crippen molar-refractivity contribution in [3.8, 4) is 11.1 Å². The molecule has 0 spiro atoms. The number of anilines is 1. The van der Waals surface area contributed by atoms with Gasteiger partial charge in [-0.3, -0.25) is 19.2 Å². The van der Waals surface area contributed by atoms with Gasteiger partial charge in [0.1, 0.15) is 29.6 Å². The topological polar surface area (TPSA) is 106 Å². The van der Waals surface area contributed by atoms with Crippen molar-refractivity contribution in [2.75, 3.05) is 11.0 Å². The fourth-order valence-electron chi connectivity index (χ4n) is 6.01. The molecule has 1 amide bonds. The molecule has 2 aliphatic carbocycles. The third-order valence-electron chi connectivity index (χ3n) is 7.83. The summed E-state index contributed by atoms with van der Waals surface area (Å²) in [5, 5.41) is 6.36. The van der Waals surface area contributed by atoms with Crippen LogP contribution in [0.15, 0.2) is 60.8 Å². The molecule has 6 rings (SSSR count). The molecular weight excluding hydrogens is 624 g/mol. The van der Waals surface area contributed by atoms with Gasteiger partial charge in [-0.2, -0.15) is 13.9 Å². The molecule has 0 bridgehead atoms. The van der Waals surface area contributed by atoms with Crippen molar-refractivity contribution in [3.63, 3.8) is 0 Å². The Kier molecular flexibility index (Phi) is 7.62. The summed E-state index contributed by atoms with van der Waals surface area (Å²) in [7, 11) is -3.54. The largest absolute Gasteiger partial charge is 0.346 e. The molecule has 45 heavy (non-hydrogen) atoms. The van der Waals surface area contributed by atoms with Crippen LogP contribution in [-0.4, -0.2) is 35.3 Å². The van der Waals surface area contributed by atoms with E-state index in [2.05, 4.69) is 20.1 Å². The van der Waals surface area contributed by atoms with E-state index in [9.17, 15) is 30.8 Å². The second kappa shape index (κ2) is 11.2. The summed E-state index contributed by atoms with van der Waals surface area (Å²) in [6.45, 7) is -0.813. The molecule has 15 heteroatoms. The van der Waals surface area contributed by atoms with E-state index in [1.165, 1.54) is 18.3 Å². The summed E-state index contributed by atoms with van der Waals surface area (Å²) in [6.07, 6.45) is -0.802. The standard InChI is InChI=1S/C30H25F6N5O3S/c1-45(43,44)40-19-6-4-16(5-7-19)20-3-2-8-37-26(20)23(11-15-9-17(31)12-18(32)10-15)38-24(42)14-41-28-25(27(39-41)29(33)34)21-13-22(21)30(28,35)36/h2-10,12,21-23,29,40H,11,13-14H2,1H3,(H,38,42). The van der Waals surface area contributed by atoms with Gasteiger partial charge in [0, 0.05) is 35.0 Å². The van der Waals surface area contributed by atoms with E-state index in [1.807, 2.05) is 0 Å². The van der Waals surface area contributed by atoms with E-state index in [1.54, 1.807) is 24.3 Å². The number of carbonyl (C=O) groups excluding carboxylic acids is 1. The maximum atomic E-state index is 15.1. The molecular formula is C30H25F6N5O3S. The maximum absolute atomic E-state index is 15.1. The minimum Gasteiger partial charge on any atom is -0.346 e. The Labute approximate surface area is 253 Å². The Morgan fingerprint density at radius 2 is 1.76 bits per heavy atom. The number of carbonyl (C=O) groups is 1. The van der Waals surface area contributed by atoms with Gasteiger partial charge >= 0.3 is 0 Å². The summed E-state index contributed by atoms with van der Waals surface area (Å²) in [5.74, 6) is -7.87. The molecule has 1 saturated carbocycles. The highest BCUT2D eigenvalue weighted by molar-refractivity contribution is 7.92. The van der Waals surface area contributed by atoms with Crippen LogP contribution in [0.1, 0.15) is 53.0 Å². The lowest BCUT2D eigenvalue weighted by molar-refractivity contribution is -0.123. The number of aromatic nitrogens is 3. The second-order valence-corrected chi connectivity index (χ2v) is 12.9. The maximum Gasteiger partial charge on any atom is 0.293 e. The number of pyridine rings is 1. The lowest BCUT2D eigenvalue weighted by Crippen LogP contribution is -2.35. The van der Waals surface area contributed by atoms with Crippen molar-refractivity contribution in [1.29, 1.82) is 0 Å². The minimum absolute atomic E-state index is 0.0671. The van der Waals surface area contributed by atoms with Crippen molar-refractivity contribution in [2.45, 2.75) is 43.7 Å². The van der Waals surface area contributed by atoms with Gasteiger partial charge in [0.2, 0.25) is 15.9 Å². The molecule has 0 radical (unpaired) electrons. The quantitative estimate of drug-likeness (QED) is 0.210. The molecule has 0 saturated heterocycles. The smallest absolute Gasteiger partial charge is 0.293 e. The fourth-order valence-corrected chi connectivity index (χ4v) is 6.57. The first-order valence-electron chi connectivity index (χ1n) is 13.8. The summed E-state index contributed by atoms with van der Waals surface area (Å²) < 4.78 is 112. The molecule has 4 aromatic rings. The number of rotatable bonds is 10. The molecule has 8 nitrogen and oxygen atoms in total. The van der Waals surface area contributed by atoms with Gasteiger partial charge in [0.15, 0.2) is 0 Å². The number of hydrogen-bond donors (Lipinski definition) is 2. The van der Waals surface area contributed by atoms with Crippen molar-refractivity contribution < 1.29 is 39.6 Å². The zero-order valence-corrected chi connectivity index (χ0v) is 24.3.